The Balaban J connectivity index is 2.33. The van der Waals surface area contributed by atoms with E-state index in [0.717, 1.165) is 18.2 Å². The maximum atomic E-state index is 12.6. The highest BCUT2D eigenvalue weighted by Gasteiger charge is 2.31. The fraction of sp³-hybridized carbons (Fsp3) is 0.500. The summed E-state index contributed by atoms with van der Waals surface area (Å²) in [5, 5.41) is 11.0. The van der Waals surface area contributed by atoms with E-state index in [2.05, 4.69) is 0 Å². The Morgan fingerprint density at radius 1 is 1.52 bits per heavy atom. The number of nitrogens with zero attached hydrogens (tertiary/aromatic N) is 2. The van der Waals surface area contributed by atoms with Gasteiger partial charge in [-0.3, -0.25) is 10.1 Å². The molecule has 21 heavy (non-hydrogen) atoms. The van der Waals surface area contributed by atoms with E-state index in [1.54, 1.807) is 11.8 Å². The van der Waals surface area contributed by atoms with Crippen LogP contribution < -0.4 is 5.73 Å². The first-order chi connectivity index (χ1) is 9.86. The molecule has 0 spiro atoms. The number of nitro groups is 1. The minimum absolute atomic E-state index is 0.0603. The summed E-state index contributed by atoms with van der Waals surface area (Å²) in [6.07, 6.45) is 0.895. The van der Waals surface area contributed by atoms with Gasteiger partial charge in [0.05, 0.1) is 10.6 Å². The van der Waals surface area contributed by atoms with Crippen molar-refractivity contribution in [1.29, 1.82) is 0 Å². The van der Waals surface area contributed by atoms with Gasteiger partial charge in [-0.15, -0.1) is 0 Å². The van der Waals surface area contributed by atoms with Crippen LogP contribution in [-0.2, 0) is 10.0 Å². The van der Waals surface area contributed by atoms with Gasteiger partial charge in [-0.05, 0) is 12.5 Å². The van der Waals surface area contributed by atoms with E-state index in [0.29, 0.717) is 13.1 Å². The van der Waals surface area contributed by atoms with Gasteiger partial charge in [-0.2, -0.15) is 16.1 Å². The van der Waals surface area contributed by atoms with Crippen molar-refractivity contribution in [3.05, 3.63) is 28.3 Å². The molecule has 0 amide bonds. The zero-order valence-electron chi connectivity index (χ0n) is 11.6. The number of non-ortho nitro benzene ring substituents is 1. The summed E-state index contributed by atoms with van der Waals surface area (Å²) in [6, 6.07) is 3.47. The lowest BCUT2D eigenvalue weighted by Crippen LogP contribution is -2.41. The van der Waals surface area contributed by atoms with Crippen molar-refractivity contribution in [2.75, 3.05) is 24.6 Å². The number of nitrogens with two attached hydrogens (primary N) is 1. The average Bonchev–Trinajstić information content (AvgIpc) is 2.46. The second kappa shape index (κ2) is 6.20. The van der Waals surface area contributed by atoms with Crippen LogP contribution in [-0.4, -0.2) is 41.7 Å². The van der Waals surface area contributed by atoms with E-state index in [4.69, 9.17) is 5.73 Å². The third-order valence-corrected chi connectivity index (χ3v) is 6.69. The van der Waals surface area contributed by atoms with E-state index in [1.165, 1.54) is 16.4 Å². The van der Waals surface area contributed by atoms with Gasteiger partial charge in [0.15, 0.2) is 0 Å². The van der Waals surface area contributed by atoms with Gasteiger partial charge in [0.1, 0.15) is 4.90 Å². The fourth-order valence-electron chi connectivity index (χ4n) is 2.18. The van der Waals surface area contributed by atoms with Crippen molar-refractivity contribution in [2.24, 2.45) is 0 Å². The minimum Gasteiger partial charge on any atom is -0.397 e. The molecule has 0 bridgehead atoms. The Labute approximate surface area is 127 Å². The number of rotatable bonds is 4. The second-order valence-corrected chi connectivity index (χ2v) is 8.06. The molecule has 2 N–H and O–H groups in total. The molecule has 0 radical (unpaired) electrons. The summed E-state index contributed by atoms with van der Waals surface area (Å²) in [4.78, 5) is 10.0. The Hall–Kier alpha value is -1.32. The van der Waals surface area contributed by atoms with Gasteiger partial charge in [-0.1, -0.05) is 6.92 Å². The summed E-state index contributed by atoms with van der Waals surface area (Å²) >= 11 is 1.76. The first kappa shape index (κ1) is 16.1. The van der Waals surface area contributed by atoms with Crippen molar-refractivity contribution in [1.82, 2.24) is 4.31 Å². The molecular formula is C12H17N3O4S2. The first-order valence-electron chi connectivity index (χ1n) is 6.52. The number of benzene rings is 1. The van der Waals surface area contributed by atoms with Gasteiger partial charge >= 0.3 is 0 Å². The molecule has 2 rings (SSSR count). The Bertz CT molecular complexity index is 648. The van der Waals surface area contributed by atoms with Crippen LogP contribution in [0.5, 0.6) is 0 Å². The molecule has 1 aromatic carbocycles. The molecule has 7 nitrogen and oxygen atoms in total. The van der Waals surface area contributed by atoms with Gasteiger partial charge in [0, 0.05) is 36.2 Å². The topological polar surface area (TPSA) is 107 Å². The molecule has 1 saturated heterocycles. The molecular weight excluding hydrogens is 314 g/mol. The summed E-state index contributed by atoms with van der Waals surface area (Å²) in [7, 11) is -3.71. The average molecular weight is 331 g/mol. The van der Waals surface area contributed by atoms with Crippen LogP contribution >= 0.6 is 11.8 Å². The van der Waals surface area contributed by atoms with E-state index in [1.807, 2.05) is 6.92 Å². The smallest absolute Gasteiger partial charge is 0.271 e. The molecule has 0 aliphatic carbocycles. The summed E-state index contributed by atoms with van der Waals surface area (Å²) in [5.41, 5.74) is 5.40. The van der Waals surface area contributed by atoms with Crippen LogP contribution in [0.4, 0.5) is 11.4 Å². The number of hydrogen-bond acceptors (Lipinski definition) is 6. The second-order valence-electron chi connectivity index (χ2n) is 4.74. The molecule has 0 aromatic heterocycles. The molecule has 1 unspecified atom stereocenters. The van der Waals surface area contributed by atoms with Gasteiger partial charge in [0.2, 0.25) is 10.0 Å². The molecule has 1 atom stereocenters. The summed E-state index contributed by atoms with van der Waals surface area (Å²) < 4.78 is 26.6. The van der Waals surface area contributed by atoms with Crippen LogP contribution in [0.15, 0.2) is 23.1 Å². The fourth-order valence-corrected chi connectivity index (χ4v) is 5.15. The first-order valence-corrected chi connectivity index (χ1v) is 9.00. The number of nitrogen functional groups attached to an aromatic ring is 1. The monoisotopic (exact) mass is 331 g/mol. The van der Waals surface area contributed by atoms with Crippen LogP contribution in [0.2, 0.25) is 0 Å². The zero-order chi connectivity index (χ0) is 15.6. The number of anilines is 1. The maximum Gasteiger partial charge on any atom is 0.271 e. The number of nitro benzene ring substituents is 1. The van der Waals surface area contributed by atoms with E-state index in [9.17, 15) is 18.5 Å². The molecule has 0 saturated carbocycles. The lowest BCUT2D eigenvalue weighted by atomic mass is 10.3. The zero-order valence-corrected chi connectivity index (χ0v) is 13.2. The van der Waals surface area contributed by atoms with Crippen molar-refractivity contribution in [3.63, 3.8) is 0 Å². The standard InChI is InChI=1S/C12H17N3O4S2/c1-2-10-8-14(5-6-20-10)21(18,19)12-4-3-9(15(16)17)7-11(12)13/h3-4,7,10H,2,5-6,8,13H2,1H3. The normalized spacial score (nSPS) is 20.3. The molecule has 1 aromatic rings. The van der Waals surface area contributed by atoms with Gasteiger partial charge in [0.25, 0.3) is 5.69 Å². The largest absolute Gasteiger partial charge is 0.397 e. The highest BCUT2D eigenvalue weighted by atomic mass is 32.2. The highest BCUT2D eigenvalue weighted by Crippen LogP contribution is 2.30. The SMILES string of the molecule is CCC1CN(S(=O)(=O)c2ccc([N+](=O)[O-])cc2N)CCS1. The predicted octanol–water partition coefficient (Wildman–Crippen LogP) is 1.69. The van der Waals surface area contributed by atoms with Gasteiger partial charge < -0.3 is 5.73 Å². The van der Waals surface area contributed by atoms with Gasteiger partial charge in [-0.25, -0.2) is 8.42 Å². The van der Waals surface area contributed by atoms with Crippen LogP contribution in [0.1, 0.15) is 13.3 Å². The molecule has 1 aliphatic heterocycles. The third-order valence-electron chi connectivity index (χ3n) is 3.38. The van der Waals surface area contributed by atoms with Crippen molar-refractivity contribution >= 4 is 33.2 Å². The van der Waals surface area contributed by atoms with E-state index >= 15 is 0 Å². The Morgan fingerprint density at radius 3 is 2.81 bits per heavy atom. The number of hydrogen-bond donors (Lipinski definition) is 1. The Morgan fingerprint density at radius 2 is 2.24 bits per heavy atom. The molecule has 9 heteroatoms. The summed E-state index contributed by atoms with van der Waals surface area (Å²) in [5.74, 6) is 0.741. The van der Waals surface area contributed by atoms with Crippen LogP contribution in [0, 0.1) is 10.1 Å². The van der Waals surface area contributed by atoms with Crippen LogP contribution in [0.3, 0.4) is 0 Å². The number of thioether (sulfide) groups is 1. The Kier molecular flexibility index (Phi) is 4.74. The number of sulfonamides is 1. The minimum atomic E-state index is -3.71. The third kappa shape index (κ3) is 3.30. The lowest BCUT2D eigenvalue weighted by molar-refractivity contribution is -0.384. The molecule has 1 fully saturated rings. The maximum absolute atomic E-state index is 12.6. The molecule has 1 heterocycles. The quantitative estimate of drug-likeness (QED) is 0.511. The van der Waals surface area contributed by atoms with Crippen LogP contribution in [0.25, 0.3) is 0 Å². The molecule has 1 aliphatic rings. The summed E-state index contributed by atoms with van der Waals surface area (Å²) in [6.45, 7) is 2.90. The highest BCUT2D eigenvalue weighted by molar-refractivity contribution is 8.00. The molecule has 116 valence electrons. The van der Waals surface area contributed by atoms with Crippen molar-refractivity contribution in [3.8, 4) is 0 Å². The van der Waals surface area contributed by atoms with Crippen molar-refractivity contribution < 1.29 is 13.3 Å². The lowest BCUT2D eigenvalue weighted by Gasteiger charge is -2.31. The van der Waals surface area contributed by atoms with E-state index < -0.39 is 14.9 Å². The predicted molar refractivity (Wildman–Crippen MR) is 82.8 cm³/mol. The van der Waals surface area contributed by atoms with E-state index in [-0.39, 0.29) is 21.5 Å². The van der Waals surface area contributed by atoms with Crippen molar-refractivity contribution in [2.45, 2.75) is 23.5 Å².